The van der Waals surface area contributed by atoms with Crippen LogP contribution in [0.15, 0.2) is 72.8 Å². The lowest BCUT2D eigenvalue weighted by molar-refractivity contribution is 0.0930. The fourth-order valence-corrected chi connectivity index (χ4v) is 4.40. The third-order valence-electron chi connectivity index (χ3n) is 6.22. The molecule has 7 heteroatoms. The average Bonchev–Trinajstić information content (AvgIpc) is 3.33. The second kappa shape index (κ2) is 9.50. The Hall–Kier alpha value is -3.58. The fraction of sp³-hybridized carbons (Fsp3) is 0.269. The first-order chi connectivity index (χ1) is 16.2. The lowest BCUT2D eigenvalue weighted by Gasteiger charge is -2.40. The van der Waals surface area contributed by atoms with Crippen LogP contribution in [0.25, 0.3) is 0 Å². The Morgan fingerprint density at radius 1 is 0.909 bits per heavy atom. The summed E-state index contributed by atoms with van der Waals surface area (Å²) < 4.78 is 24.3. The Morgan fingerprint density at radius 3 is 2.39 bits per heavy atom. The van der Waals surface area contributed by atoms with E-state index in [1.54, 1.807) is 0 Å². The molecule has 33 heavy (non-hydrogen) atoms. The first-order valence-corrected chi connectivity index (χ1v) is 11.1. The molecule has 1 amide bonds. The van der Waals surface area contributed by atoms with Crippen molar-refractivity contribution in [3.8, 4) is 11.5 Å². The first-order valence-electron chi connectivity index (χ1n) is 11.1. The lowest BCUT2D eigenvalue weighted by atomic mass is 10.0. The quantitative estimate of drug-likeness (QED) is 0.622. The van der Waals surface area contributed by atoms with Crippen LogP contribution in [-0.2, 0) is 0 Å². The molecule has 6 nitrogen and oxygen atoms in total. The molecule has 2 heterocycles. The smallest absolute Gasteiger partial charge is 0.251 e. The minimum absolute atomic E-state index is 0.0261. The zero-order valence-electron chi connectivity index (χ0n) is 18.2. The summed E-state index contributed by atoms with van der Waals surface area (Å²) in [5, 5.41) is 3.04. The molecular weight excluding hydrogens is 421 g/mol. The van der Waals surface area contributed by atoms with Gasteiger partial charge in [-0.2, -0.15) is 0 Å². The maximum Gasteiger partial charge on any atom is 0.251 e. The molecule has 3 aromatic rings. The Morgan fingerprint density at radius 2 is 1.64 bits per heavy atom. The second-order valence-corrected chi connectivity index (χ2v) is 8.20. The lowest BCUT2D eigenvalue weighted by Crippen LogP contribution is -2.50. The summed E-state index contributed by atoms with van der Waals surface area (Å²) in [6.45, 7) is 4.18. The molecule has 0 bridgehead atoms. The van der Waals surface area contributed by atoms with Crippen molar-refractivity contribution in [3.63, 3.8) is 0 Å². The molecule has 0 aromatic heterocycles. The summed E-state index contributed by atoms with van der Waals surface area (Å²) in [6, 6.07) is 21.9. The SMILES string of the molecule is O=C(NCC(c1ccc2c(c1)OCO2)N1CCN(c2ccccc2)CC1)c1ccc(F)cc1. The molecule has 0 saturated carbocycles. The molecule has 2 aliphatic rings. The number of para-hydroxylation sites is 1. The van der Waals surface area contributed by atoms with E-state index < -0.39 is 0 Å². The fourth-order valence-electron chi connectivity index (χ4n) is 4.40. The number of carbonyl (C=O) groups is 1. The van der Waals surface area contributed by atoms with Crippen LogP contribution >= 0.6 is 0 Å². The van der Waals surface area contributed by atoms with Crippen molar-refractivity contribution < 1.29 is 18.7 Å². The summed E-state index contributed by atoms with van der Waals surface area (Å²) in [6.07, 6.45) is 0. The number of carbonyl (C=O) groups excluding carboxylic acids is 1. The highest BCUT2D eigenvalue weighted by Crippen LogP contribution is 2.35. The van der Waals surface area contributed by atoms with E-state index in [9.17, 15) is 9.18 Å². The standard InChI is InChI=1S/C26H26FN3O3/c27-21-9-6-19(7-10-21)26(31)28-17-23(20-8-11-24-25(16-20)33-18-32-24)30-14-12-29(13-15-30)22-4-2-1-3-5-22/h1-11,16,23H,12-15,17-18H2,(H,28,31). The number of rotatable bonds is 6. The van der Waals surface area contributed by atoms with Gasteiger partial charge >= 0.3 is 0 Å². The van der Waals surface area contributed by atoms with Gasteiger partial charge in [0.25, 0.3) is 5.91 Å². The molecule has 2 aliphatic heterocycles. The normalized spacial score (nSPS) is 16.5. The zero-order valence-corrected chi connectivity index (χ0v) is 18.2. The Kier molecular flexibility index (Phi) is 6.13. The maximum atomic E-state index is 13.2. The maximum absolute atomic E-state index is 13.2. The average molecular weight is 448 g/mol. The molecule has 1 unspecified atom stereocenters. The molecule has 1 fully saturated rings. The minimum atomic E-state index is -0.360. The van der Waals surface area contributed by atoms with Gasteiger partial charge in [0.05, 0.1) is 6.04 Å². The first kappa shape index (κ1) is 21.3. The van der Waals surface area contributed by atoms with E-state index in [1.165, 1.54) is 30.0 Å². The molecule has 3 aromatic carbocycles. The monoisotopic (exact) mass is 447 g/mol. The van der Waals surface area contributed by atoms with Gasteiger partial charge in [-0.05, 0) is 54.1 Å². The highest BCUT2D eigenvalue weighted by Gasteiger charge is 2.27. The summed E-state index contributed by atoms with van der Waals surface area (Å²) in [7, 11) is 0. The highest BCUT2D eigenvalue weighted by molar-refractivity contribution is 5.94. The Bertz CT molecular complexity index is 1100. The molecule has 0 spiro atoms. The third kappa shape index (κ3) is 4.78. The van der Waals surface area contributed by atoms with Gasteiger partial charge in [0.2, 0.25) is 6.79 Å². The van der Waals surface area contributed by atoms with E-state index >= 15 is 0 Å². The van der Waals surface area contributed by atoms with Crippen molar-refractivity contribution >= 4 is 11.6 Å². The number of ether oxygens (including phenoxy) is 2. The number of benzene rings is 3. The van der Waals surface area contributed by atoms with E-state index in [0.29, 0.717) is 12.1 Å². The number of hydrogen-bond donors (Lipinski definition) is 1. The molecule has 170 valence electrons. The van der Waals surface area contributed by atoms with Crippen molar-refractivity contribution in [3.05, 3.63) is 89.7 Å². The van der Waals surface area contributed by atoms with Crippen molar-refractivity contribution in [1.82, 2.24) is 10.2 Å². The summed E-state index contributed by atoms with van der Waals surface area (Å²) in [5.41, 5.74) is 2.72. The van der Waals surface area contributed by atoms with Gasteiger partial charge in [0.1, 0.15) is 5.82 Å². The second-order valence-electron chi connectivity index (χ2n) is 8.20. The number of piperazine rings is 1. The van der Waals surface area contributed by atoms with Gasteiger partial charge in [-0.25, -0.2) is 4.39 Å². The van der Waals surface area contributed by atoms with Crippen LogP contribution in [0.1, 0.15) is 22.0 Å². The van der Waals surface area contributed by atoms with E-state index in [0.717, 1.165) is 43.2 Å². The van der Waals surface area contributed by atoms with Crippen LogP contribution in [0.4, 0.5) is 10.1 Å². The van der Waals surface area contributed by atoms with Crippen LogP contribution in [0.3, 0.4) is 0 Å². The van der Waals surface area contributed by atoms with Gasteiger partial charge < -0.3 is 19.7 Å². The summed E-state index contributed by atoms with van der Waals surface area (Å²) in [5.74, 6) is 0.886. The predicted octanol–water partition coefficient (Wildman–Crippen LogP) is 3.85. The largest absolute Gasteiger partial charge is 0.454 e. The summed E-state index contributed by atoms with van der Waals surface area (Å²) in [4.78, 5) is 17.5. The molecule has 1 saturated heterocycles. The van der Waals surface area contributed by atoms with Gasteiger partial charge in [-0.3, -0.25) is 9.69 Å². The summed E-state index contributed by atoms with van der Waals surface area (Å²) >= 11 is 0. The third-order valence-corrected chi connectivity index (χ3v) is 6.22. The number of amides is 1. The van der Waals surface area contributed by atoms with E-state index in [2.05, 4.69) is 39.4 Å². The van der Waals surface area contributed by atoms with Crippen LogP contribution in [0.5, 0.6) is 11.5 Å². The van der Waals surface area contributed by atoms with Crippen molar-refractivity contribution in [2.75, 3.05) is 44.4 Å². The predicted molar refractivity (Wildman–Crippen MR) is 124 cm³/mol. The topological polar surface area (TPSA) is 54.0 Å². The van der Waals surface area contributed by atoms with Crippen molar-refractivity contribution in [2.24, 2.45) is 0 Å². The van der Waals surface area contributed by atoms with E-state index in [-0.39, 0.29) is 24.6 Å². The molecule has 0 radical (unpaired) electrons. The number of nitrogens with zero attached hydrogens (tertiary/aromatic N) is 2. The van der Waals surface area contributed by atoms with Gasteiger partial charge in [0.15, 0.2) is 11.5 Å². The van der Waals surface area contributed by atoms with E-state index in [1.807, 2.05) is 24.3 Å². The molecule has 0 aliphatic carbocycles. The Labute approximate surface area is 192 Å². The van der Waals surface area contributed by atoms with Crippen LogP contribution < -0.4 is 19.7 Å². The van der Waals surface area contributed by atoms with Gasteiger partial charge in [-0.15, -0.1) is 0 Å². The van der Waals surface area contributed by atoms with Crippen LogP contribution in [0, 0.1) is 5.82 Å². The number of hydrogen-bond acceptors (Lipinski definition) is 5. The minimum Gasteiger partial charge on any atom is -0.454 e. The number of fused-ring (bicyclic) bond motifs is 1. The van der Waals surface area contributed by atoms with Gasteiger partial charge in [-0.1, -0.05) is 24.3 Å². The molecule has 1 N–H and O–H groups in total. The molecule has 1 atom stereocenters. The molecule has 5 rings (SSSR count). The zero-order chi connectivity index (χ0) is 22.6. The van der Waals surface area contributed by atoms with Crippen LogP contribution in [-0.4, -0.2) is 50.3 Å². The Balaban J connectivity index is 1.32. The van der Waals surface area contributed by atoms with Gasteiger partial charge in [0, 0.05) is 44.0 Å². The molecular formula is C26H26FN3O3. The highest BCUT2D eigenvalue weighted by atomic mass is 19.1. The van der Waals surface area contributed by atoms with Crippen LogP contribution in [0.2, 0.25) is 0 Å². The number of nitrogens with one attached hydrogen (secondary N) is 1. The van der Waals surface area contributed by atoms with Crippen molar-refractivity contribution in [2.45, 2.75) is 6.04 Å². The van der Waals surface area contributed by atoms with E-state index in [4.69, 9.17) is 9.47 Å². The number of halogens is 1. The number of anilines is 1. The van der Waals surface area contributed by atoms with Crippen molar-refractivity contribution in [1.29, 1.82) is 0 Å².